The molecule has 0 bridgehead atoms. The van der Waals surface area contributed by atoms with Gasteiger partial charge in [0.25, 0.3) is 5.91 Å². The van der Waals surface area contributed by atoms with Crippen LogP contribution in [-0.2, 0) is 16.1 Å². The summed E-state index contributed by atoms with van der Waals surface area (Å²) in [4.78, 5) is 27.7. The second-order valence-electron chi connectivity index (χ2n) is 8.63. The molecule has 1 atom stereocenters. The molecular weight excluding hydrogens is 388 g/mol. The minimum Gasteiger partial charge on any atom is -0.484 e. The van der Waals surface area contributed by atoms with Crippen LogP contribution >= 0.6 is 0 Å². The van der Waals surface area contributed by atoms with Crippen LogP contribution in [0.4, 0.5) is 0 Å². The maximum absolute atomic E-state index is 13.1. The highest BCUT2D eigenvalue weighted by Crippen LogP contribution is 2.19. The van der Waals surface area contributed by atoms with Gasteiger partial charge in [-0.3, -0.25) is 9.59 Å². The lowest BCUT2D eigenvalue weighted by molar-refractivity contribution is -0.142. The third-order valence-electron chi connectivity index (χ3n) is 5.94. The van der Waals surface area contributed by atoms with E-state index in [0.717, 1.165) is 42.4 Å². The lowest BCUT2D eigenvalue weighted by Gasteiger charge is -2.31. The number of aryl methyl sites for hydroxylation is 2. The van der Waals surface area contributed by atoms with Gasteiger partial charge >= 0.3 is 0 Å². The summed E-state index contributed by atoms with van der Waals surface area (Å²) in [5.74, 6) is 0.352. The minimum absolute atomic E-state index is 0.0942. The van der Waals surface area contributed by atoms with Gasteiger partial charge in [0, 0.05) is 12.6 Å². The third kappa shape index (κ3) is 6.84. The molecule has 0 aliphatic heterocycles. The second kappa shape index (κ2) is 11.0. The van der Waals surface area contributed by atoms with Gasteiger partial charge in [0.05, 0.1) is 0 Å². The first-order valence-corrected chi connectivity index (χ1v) is 11.3. The molecule has 1 saturated carbocycles. The highest BCUT2D eigenvalue weighted by molar-refractivity contribution is 5.88. The molecule has 0 radical (unpaired) electrons. The largest absolute Gasteiger partial charge is 0.484 e. The first-order chi connectivity index (χ1) is 14.9. The number of benzene rings is 2. The number of rotatable bonds is 8. The summed E-state index contributed by atoms with van der Waals surface area (Å²) in [5, 5.41) is 3.16. The first-order valence-electron chi connectivity index (χ1n) is 11.3. The van der Waals surface area contributed by atoms with Crippen LogP contribution in [0.25, 0.3) is 0 Å². The predicted octanol–water partition coefficient (Wildman–Crippen LogP) is 4.55. The monoisotopic (exact) mass is 422 g/mol. The van der Waals surface area contributed by atoms with Crippen LogP contribution in [0.15, 0.2) is 48.5 Å². The van der Waals surface area contributed by atoms with Crippen molar-refractivity contribution >= 4 is 11.8 Å². The Balaban J connectivity index is 1.70. The quantitative estimate of drug-likeness (QED) is 0.679. The molecule has 5 heteroatoms. The van der Waals surface area contributed by atoms with Crippen molar-refractivity contribution in [2.45, 2.75) is 71.5 Å². The summed E-state index contributed by atoms with van der Waals surface area (Å²) < 4.78 is 5.72. The Morgan fingerprint density at radius 2 is 1.74 bits per heavy atom. The van der Waals surface area contributed by atoms with Crippen LogP contribution in [0.1, 0.15) is 55.7 Å². The fourth-order valence-corrected chi connectivity index (χ4v) is 4.02. The number of nitrogens with one attached hydrogen (secondary N) is 1. The lowest BCUT2D eigenvalue weighted by Crippen LogP contribution is -2.51. The van der Waals surface area contributed by atoms with Gasteiger partial charge in [-0.1, -0.05) is 66.8 Å². The first kappa shape index (κ1) is 22.9. The van der Waals surface area contributed by atoms with Crippen LogP contribution in [0.5, 0.6) is 5.75 Å². The lowest BCUT2D eigenvalue weighted by atomic mass is 9.95. The van der Waals surface area contributed by atoms with Crippen molar-refractivity contribution in [2.75, 3.05) is 6.61 Å². The van der Waals surface area contributed by atoms with Crippen molar-refractivity contribution in [1.29, 1.82) is 0 Å². The van der Waals surface area contributed by atoms with E-state index in [2.05, 4.69) is 5.32 Å². The fourth-order valence-electron chi connectivity index (χ4n) is 4.02. The minimum atomic E-state index is -0.573. The maximum Gasteiger partial charge on any atom is 0.261 e. The molecule has 2 aromatic rings. The van der Waals surface area contributed by atoms with Crippen molar-refractivity contribution in [3.63, 3.8) is 0 Å². The summed E-state index contributed by atoms with van der Waals surface area (Å²) >= 11 is 0. The number of hydrogen-bond acceptors (Lipinski definition) is 3. The molecule has 1 N–H and O–H groups in total. The molecular formula is C26H34N2O3. The molecule has 5 nitrogen and oxygen atoms in total. The van der Waals surface area contributed by atoms with E-state index >= 15 is 0 Å². The van der Waals surface area contributed by atoms with E-state index < -0.39 is 6.04 Å². The fraction of sp³-hybridized carbons (Fsp3) is 0.462. The molecule has 1 aliphatic rings. The number of carbonyl (C=O) groups is 2. The Morgan fingerprint density at radius 1 is 1.03 bits per heavy atom. The smallest absolute Gasteiger partial charge is 0.261 e. The highest BCUT2D eigenvalue weighted by Gasteiger charge is 2.28. The number of ether oxygens (including phenoxy) is 1. The molecule has 1 aliphatic carbocycles. The maximum atomic E-state index is 13.1. The number of amides is 2. The van der Waals surface area contributed by atoms with E-state index in [4.69, 9.17) is 4.74 Å². The number of nitrogens with zero attached hydrogens (tertiary/aromatic N) is 1. The molecule has 1 fully saturated rings. The number of carbonyl (C=O) groups excluding carboxylic acids is 2. The Hall–Kier alpha value is -2.82. The standard InChI is InChI=1S/C26H34N2O3/c1-19-12-14-24(15-13-19)31-18-25(29)28(17-22-9-7-8-20(2)16-22)21(3)26(30)27-23-10-5-4-6-11-23/h7-9,12-16,21,23H,4-6,10-11,17-18H2,1-3H3,(H,27,30)/t21-/m1/s1. The van der Waals surface area contributed by atoms with Gasteiger partial charge in [0.15, 0.2) is 6.61 Å². The van der Waals surface area contributed by atoms with Crippen LogP contribution in [0.3, 0.4) is 0 Å². The summed E-state index contributed by atoms with van der Waals surface area (Å²) in [6.07, 6.45) is 5.56. The molecule has 0 aromatic heterocycles. The molecule has 2 amide bonds. The van der Waals surface area contributed by atoms with E-state index in [1.54, 1.807) is 11.8 Å². The van der Waals surface area contributed by atoms with E-state index in [1.807, 2.05) is 62.4 Å². The molecule has 0 unspecified atom stereocenters. The SMILES string of the molecule is Cc1ccc(OCC(=O)N(Cc2cccc(C)c2)[C@H](C)C(=O)NC2CCCCC2)cc1. The van der Waals surface area contributed by atoms with Gasteiger partial charge in [-0.15, -0.1) is 0 Å². The Labute approximate surface area is 185 Å². The average Bonchev–Trinajstić information content (AvgIpc) is 2.77. The molecule has 2 aromatic carbocycles. The van der Waals surface area contributed by atoms with Crippen molar-refractivity contribution in [2.24, 2.45) is 0 Å². The zero-order valence-corrected chi connectivity index (χ0v) is 18.9. The van der Waals surface area contributed by atoms with Crippen molar-refractivity contribution < 1.29 is 14.3 Å². The van der Waals surface area contributed by atoms with Gasteiger partial charge < -0.3 is 15.0 Å². The van der Waals surface area contributed by atoms with Crippen molar-refractivity contribution in [3.8, 4) is 5.75 Å². The Kier molecular flexibility index (Phi) is 8.10. The van der Waals surface area contributed by atoms with E-state index in [9.17, 15) is 9.59 Å². The van der Waals surface area contributed by atoms with Gasteiger partial charge in [-0.25, -0.2) is 0 Å². The normalized spacial score (nSPS) is 15.2. The molecule has 0 heterocycles. The molecule has 3 rings (SSSR count). The average molecular weight is 423 g/mol. The van der Waals surface area contributed by atoms with Gasteiger partial charge in [0.2, 0.25) is 5.91 Å². The van der Waals surface area contributed by atoms with Gasteiger partial charge in [-0.2, -0.15) is 0 Å². The molecule has 0 spiro atoms. The second-order valence-corrected chi connectivity index (χ2v) is 8.63. The molecule has 31 heavy (non-hydrogen) atoms. The van der Waals surface area contributed by atoms with Crippen molar-refractivity contribution in [1.82, 2.24) is 10.2 Å². The van der Waals surface area contributed by atoms with Crippen molar-refractivity contribution in [3.05, 3.63) is 65.2 Å². The topological polar surface area (TPSA) is 58.6 Å². The van der Waals surface area contributed by atoms with Crippen LogP contribution in [-0.4, -0.2) is 35.4 Å². The van der Waals surface area contributed by atoms with Crippen LogP contribution in [0, 0.1) is 13.8 Å². The summed E-state index contributed by atoms with van der Waals surface area (Å²) in [7, 11) is 0. The van der Waals surface area contributed by atoms with E-state index in [-0.39, 0.29) is 24.5 Å². The zero-order valence-electron chi connectivity index (χ0n) is 18.9. The summed E-state index contributed by atoms with van der Waals surface area (Å²) in [6.45, 7) is 6.10. The zero-order chi connectivity index (χ0) is 22.2. The Bertz CT molecular complexity index is 872. The third-order valence-corrected chi connectivity index (χ3v) is 5.94. The van der Waals surface area contributed by atoms with E-state index in [1.165, 1.54) is 6.42 Å². The predicted molar refractivity (Wildman–Crippen MR) is 123 cm³/mol. The molecule has 0 saturated heterocycles. The molecule has 166 valence electrons. The summed E-state index contributed by atoms with van der Waals surface area (Å²) in [5.41, 5.74) is 3.26. The van der Waals surface area contributed by atoms with E-state index in [0.29, 0.717) is 12.3 Å². The van der Waals surface area contributed by atoms with Crippen LogP contribution < -0.4 is 10.1 Å². The van der Waals surface area contributed by atoms with Gasteiger partial charge in [0.1, 0.15) is 11.8 Å². The number of hydrogen-bond donors (Lipinski definition) is 1. The van der Waals surface area contributed by atoms with Gasteiger partial charge in [-0.05, 0) is 51.3 Å². The van der Waals surface area contributed by atoms with Crippen LogP contribution in [0.2, 0.25) is 0 Å². The Morgan fingerprint density at radius 3 is 2.42 bits per heavy atom. The summed E-state index contributed by atoms with van der Waals surface area (Å²) in [6, 6.07) is 15.3. The highest BCUT2D eigenvalue weighted by atomic mass is 16.5.